The molecule has 0 radical (unpaired) electrons. The lowest BCUT2D eigenvalue weighted by Crippen LogP contribution is -1.87. The Kier molecular flexibility index (Phi) is 1.16. The molecule has 0 saturated heterocycles. The fourth-order valence-electron chi connectivity index (χ4n) is 1.49. The van der Waals surface area contributed by atoms with Crippen molar-refractivity contribution in [3.8, 4) is 0 Å². The largest absolute Gasteiger partial charge is 0.253 e. The molecular weight excluding hydrogens is 134 g/mol. The van der Waals surface area contributed by atoms with Crippen molar-refractivity contribution in [1.82, 2.24) is 0 Å². The molecule has 0 bridgehead atoms. The fraction of sp³-hybridized carbons (Fsp3) is 0.300. The van der Waals surface area contributed by atoms with Gasteiger partial charge >= 0.3 is 0 Å². The number of nitrogens with zero attached hydrogens (tertiary/aromatic N) is 1. The van der Waals surface area contributed by atoms with Crippen molar-refractivity contribution in [2.75, 3.05) is 0 Å². The average molecular weight is 145 g/mol. The van der Waals surface area contributed by atoms with E-state index in [1.165, 1.54) is 16.7 Å². The standard InChI is InChI=1S/C10H11N/c1-6-4-9-7(2)8(3)11-10(9)5-6/h4-5H,1-3H3. The van der Waals surface area contributed by atoms with Gasteiger partial charge in [-0.3, -0.25) is 4.99 Å². The Balaban J connectivity index is 2.58. The van der Waals surface area contributed by atoms with E-state index in [0.29, 0.717) is 0 Å². The van der Waals surface area contributed by atoms with Crippen molar-refractivity contribution in [3.63, 3.8) is 0 Å². The van der Waals surface area contributed by atoms with Crippen LogP contribution in [-0.4, -0.2) is 5.71 Å². The van der Waals surface area contributed by atoms with Crippen molar-refractivity contribution in [1.29, 1.82) is 0 Å². The van der Waals surface area contributed by atoms with Gasteiger partial charge in [-0.05, 0) is 44.1 Å². The Labute approximate surface area is 66.8 Å². The fourth-order valence-corrected chi connectivity index (χ4v) is 1.49. The van der Waals surface area contributed by atoms with Gasteiger partial charge in [0.05, 0.1) is 5.70 Å². The van der Waals surface area contributed by atoms with Crippen LogP contribution in [0.1, 0.15) is 20.8 Å². The molecule has 0 amide bonds. The average Bonchev–Trinajstić information content (AvgIpc) is 2.37. The highest BCUT2D eigenvalue weighted by Crippen LogP contribution is 2.32. The second-order valence-electron chi connectivity index (χ2n) is 3.15. The molecule has 1 heteroatoms. The van der Waals surface area contributed by atoms with Gasteiger partial charge in [-0.15, -0.1) is 0 Å². The summed E-state index contributed by atoms with van der Waals surface area (Å²) in [6, 6.07) is 0. The second kappa shape index (κ2) is 1.94. The molecule has 1 heterocycles. The molecule has 0 aromatic rings. The first-order valence-electron chi connectivity index (χ1n) is 3.85. The summed E-state index contributed by atoms with van der Waals surface area (Å²) >= 11 is 0. The van der Waals surface area contributed by atoms with Crippen LogP contribution in [-0.2, 0) is 0 Å². The van der Waals surface area contributed by atoms with Gasteiger partial charge in [0.15, 0.2) is 0 Å². The zero-order valence-electron chi connectivity index (χ0n) is 7.10. The Morgan fingerprint density at radius 2 is 1.82 bits per heavy atom. The molecule has 0 fully saturated rings. The van der Waals surface area contributed by atoms with Crippen LogP contribution in [0.5, 0.6) is 0 Å². The van der Waals surface area contributed by atoms with Gasteiger partial charge in [-0.1, -0.05) is 0 Å². The van der Waals surface area contributed by atoms with E-state index in [1.54, 1.807) is 0 Å². The van der Waals surface area contributed by atoms with Crippen molar-refractivity contribution >= 4 is 5.71 Å². The summed E-state index contributed by atoms with van der Waals surface area (Å²) < 4.78 is 0. The quantitative estimate of drug-likeness (QED) is 0.497. The Morgan fingerprint density at radius 3 is 2.45 bits per heavy atom. The lowest BCUT2D eigenvalue weighted by Gasteiger charge is -1.92. The van der Waals surface area contributed by atoms with Crippen LogP contribution in [0, 0.1) is 0 Å². The van der Waals surface area contributed by atoms with Crippen LogP contribution in [0.15, 0.2) is 39.6 Å². The lowest BCUT2D eigenvalue weighted by atomic mass is 10.1. The summed E-state index contributed by atoms with van der Waals surface area (Å²) in [7, 11) is 0. The molecule has 11 heavy (non-hydrogen) atoms. The number of hydrogen-bond donors (Lipinski definition) is 0. The summed E-state index contributed by atoms with van der Waals surface area (Å²) in [4.78, 5) is 4.43. The third kappa shape index (κ3) is 0.805. The topological polar surface area (TPSA) is 12.4 Å². The van der Waals surface area contributed by atoms with E-state index < -0.39 is 0 Å². The summed E-state index contributed by atoms with van der Waals surface area (Å²) in [6.07, 6.45) is 4.33. The van der Waals surface area contributed by atoms with Crippen LogP contribution in [0.25, 0.3) is 0 Å². The predicted octanol–water partition coefficient (Wildman–Crippen LogP) is 2.62. The number of hydrogen-bond acceptors (Lipinski definition) is 1. The second-order valence-corrected chi connectivity index (χ2v) is 3.15. The molecule has 0 aromatic carbocycles. The van der Waals surface area contributed by atoms with Crippen LogP contribution in [0.2, 0.25) is 0 Å². The minimum absolute atomic E-state index is 1.15. The van der Waals surface area contributed by atoms with Crippen molar-refractivity contribution in [2.45, 2.75) is 20.8 Å². The van der Waals surface area contributed by atoms with Crippen molar-refractivity contribution in [2.24, 2.45) is 4.99 Å². The molecule has 0 unspecified atom stereocenters. The van der Waals surface area contributed by atoms with Crippen LogP contribution < -0.4 is 0 Å². The molecule has 0 aromatic heterocycles. The summed E-state index contributed by atoms with van der Waals surface area (Å²) in [5.74, 6) is 0. The molecule has 56 valence electrons. The Morgan fingerprint density at radius 1 is 1.09 bits per heavy atom. The van der Waals surface area contributed by atoms with Crippen molar-refractivity contribution < 1.29 is 0 Å². The molecule has 0 spiro atoms. The van der Waals surface area contributed by atoms with E-state index in [0.717, 1.165) is 11.4 Å². The minimum Gasteiger partial charge on any atom is -0.253 e. The highest BCUT2D eigenvalue weighted by atomic mass is 14.8. The van der Waals surface area contributed by atoms with Gasteiger partial charge in [0.25, 0.3) is 0 Å². The van der Waals surface area contributed by atoms with Crippen molar-refractivity contribution in [3.05, 3.63) is 34.6 Å². The summed E-state index contributed by atoms with van der Waals surface area (Å²) in [6.45, 7) is 6.30. The van der Waals surface area contributed by atoms with E-state index in [-0.39, 0.29) is 0 Å². The third-order valence-electron chi connectivity index (χ3n) is 2.25. The van der Waals surface area contributed by atoms with Gasteiger partial charge in [-0.2, -0.15) is 0 Å². The molecule has 1 aliphatic carbocycles. The lowest BCUT2D eigenvalue weighted by molar-refractivity contribution is 1.41. The minimum atomic E-state index is 1.15. The van der Waals surface area contributed by atoms with E-state index in [4.69, 9.17) is 0 Å². The first kappa shape index (κ1) is 6.59. The smallest absolute Gasteiger partial charge is 0.0711 e. The summed E-state index contributed by atoms with van der Waals surface area (Å²) in [5.41, 5.74) is 6.27. The molecule has 0 atom stereocenters. The molecule has 0 N–H and O–H groups in total. The molecule has 0 saturated carbocycles. The zero-order chi connectivity index (χ0) is 8.01. The van der Waals surface area contributed by atoms with E-state index in [1.807, 2.05) is 0 Å². The molecule has 1 aliphatic heterocycles. The van der Waals surface area contributed by atoms with Crippen LogP contribution in [0.4, 0.5) is 0 Å². The van der Waals surface area contributed by atoms with Gasteiger partial charge in [0.2, 0.25) is 0 Å². The predicted molar refractivity (Wildman–Crippen MR) is 47.6 cm³/mol. The van der Waals surface area contributed by atoms with Crippen LogP contribution in [0.3, 0.4) is 0 Å². The molecular formula is C10H11N. The first-order chi connectivity index (χ1) is 5.18. The van der Waals surface area contributed by atoms with Gasteiger partial charge in [0, 0.05) is 11.3 Å². The van der Waals surface area contributed by atoms with E-state index in [2.05, 4.69) is 37.9 Å². The normalized spacial score (nSPS) is 21.5. The maximum atomic E-state index is 4.43. The number of aliphatic imine (C=N–C) groups is 1. The third-order valence-corrected chi connectivity index (χ3v) is 2.25. The Bertz CT molecular complexity index is 338. The zero-order valence-corrected chi connectivity index (χ0v) is 7.10. The van der Waals surface area contributed by atoms with Gasteiger partial charge < -0.3 is 0 Å². The van der Waals surface area contributed by atoms with Gasteiger partial charge in [-0.25, -0.2) is 0 Å². The number of fused-ring (bicyclic) bond motifs is 1. The maximum absolute atomic E-state index is 4.43. The maximum Gasteiger partial charge on any atom is 0.0711 e. The van der Waals surface area contributed by atoms with E-state index in [9.17, 15) is 0 Å². The molecule has 2 aliphatic rings. The molecule has 2 rings (SSSR count). The SMILES string of the molecule is CC1=CC2=C(C)C(C)=NC2=C1. The number of rotatable bonds is 0. The van der Waals surface area contributed by atoms with Crippen LogP contribution >= 0.6 is 0 Å². The number of allylic oxidation sites excluding steroid dienone is 4. The highest BCUT2D eigenvalue weighted by Gasteiger charge is 2.18. The van der Waals surface area contributed by atoms with Gasteiger partial charge in [0.1, 0.15) is 0 Å². The van der Waals surface area contributed by atoms with E-state index >= 15 is 0 Å². The summed E-state index contributed by atoms with van der Waals surface area (Å²) in [5, 5.41) is 0. The monoisotopic (exact) mass is 145 g/mol. The first-order valence-corrected chi connectivity index (χ1v) is 3.85. The Hall–Kier alpha value is -1.11. The molecule has 1 nitrogen and oxygen atoms in total. The highest BCUT2D eigenvalue weighted by molar-refractivity contribution is 6.03.